The highest BCUT2D eigenvalue weighted by Crippen LogP contribution is 2.36. The zero-order chi connectivity index (χ0) is 24.8. The van der Waals surface area contributed by atoms with Crippen molar-refractivity contribution in [2.24, 2.45) is 0 Å². The lowest BCUT2D eigenvalue weighted by Crippen LogP contribution is -2.13. The summed E-state index contributed by atoms with van der Waals surface area (Å²) in [5.74, 6) is 2.46. The van der Waals surface area contributed by atoms with Crippen LogP contribution in [-0.4, -0.2) is 26.9 Å². The Hall–Kier alpha value is -4.16. The molecule has 0 atom stereocenters. The second-order valence-electron chi connectivity index (χ2n) is 7.35. The van der Waals surface area contributed by atoms with Crippen LogP contribution in [0.5, 0.6) is 28.7 Å². The standard InChI is InChI=1S/C26H21BrN2O6/c1-31-20-6-4-19(5-7-20)29-26(30)18(13-28)10-17-11-23(32-2)25(12-21(17)27)33-14-16-3-8-22-24(9-16)35-15-34-22/h3-12H,14-15H2,1-2H3,(H,29,30)/b18-10-. The largest absolute Gasteiger partial charge is 0.497 e. The third-order valence-corrected chi connectivity index (χ3v) is 5.81. The Morgan fingerprint density at radius 2 is 1.83 bits per heavy atom. The van der Waals surface area contributed by atoms with Gasteiger partial charge in [0.15, 0.2) is 23.0 Å². The number of benzene rings is 3. The van der Waals surface area contributed by atoms with E-state index < -0.39 is 5.91 Å². The van der Waals surface area contributed by atoms with Crippen molar-refractivity contribution < 1.29 is 28.5 Å². The third kappa shape index (κ3) is 5.67. The number of rotatable bonds is 8. The molecule has 0 saturated carbocycles. The summed E-state index contributed by atoms with van der Waals surface area (Å²) < 4.78 is 27.9. The van der Waals surface area contributed by atoms with Crippen molar-refractivity contribution in [3.63, 3.8) is 0 Å². The first-order valence-corrected chi connectivity index (χ1v) is 11.3. The molecule has 1 heterocycles. The highest BCUT2D eigenvalue weighted by Gasteiger charge is 2.16. The summed E-state index contributed by atoms with van der Waals surface area (Å²) in [6.07, 6.45) is 1.48. The number of fused-ring (bicyclic) bond motifs is 1. The fourth-order valence-electron chi connectivity index (χ4n) is 3.30. The first-order valence-electron chi connectivity index (χ1n) is 10.5. The van der Waals surface area contributed by atoms with Crippen LogP contribution in [0.3, 0.4) is 0 Å². The summed E-state index contributed by atoms with van der Waals surface area (Å²) in [6.45, 7) is 0.487. The molecule has 0 spiro atoms. The fraction of sp³-hybridized carbons (Fsp3) is 0.154. The molecule has 1 aliphatic heterocycles. The number of methoxy groups -OCH3 is 2. The average molecular weight is 537 g/mol. The molecule has 0 aliphatic carbocycles. The second-order valence-corrected chi connectivity index (χ2v) is 8.21. The van der Waals surface area contributed by atoms with Gasteiger partial charge in [0, 0.05) is 10.2 Å². The van der Waals surface area contributed by atoms with Gasteiger partial charge >= 0.3 is 0 Å². The zero-order valence-corrected chi connectivity index (χ0v) is 20.5. The van der Waals surface area contributed by atoms with Crippen LogP contribution >= 0.6 is 15.9 Å². The van der Waals surface area contributed by atoms with E-state index in [9.17, 15) is 10.1 Å². The van der Waals surface area contributed by atoms with Gasteiger partial charge < -0.3 is 29.0 Å². The SMILES string of the molecule is COc1ccc(NC(=O)/C(C#N)=C\c2cc(OC)c(OCc3ccc4c(c3)OCO4)cc2Br)cc1. The number of nitrogens with one attached hydrogen (secondary N) is 1. The Morgan fingerprint density at radius 3 is 2.54 bits per heavy atom. The van der Waals surface area contributed by atoms with E-state index in [2.05, 4.69) is 21.2 Å². The number of hydrogen-bond donors (Lipinski definition) is 1. The average Bonchev–Trinajstić information content (AvgIpc) is 3.35. The Kier molecular flexibility index (Phi) is 7.43. The van der Waals surface area contributed by atoms with Crippen molar-refractivity contribution in [2.75, 3.05) is 26.3 Å². The molecule has 0 radical (unpaired) electrons. The predicted molar refractivity (Wildman–Crippen MR) is 133 cm³/mol. The molecule has 1 N–H and O–H groups in total. The van der Waals surface area contributed by atoms with Crippen LogP contribution in [0.2, 0.25) is 0 Å². The summed E-state index contributed by atoms with van der Waals surface area (Å²) in [4.78, 5) is 12.7. The number of hydrogen-bond acceptors (Lipinski definition) is 7. The molecule has 0 bridgehead atoms. The number of amides is 1. The van der Waals surface area contributed by atoms with Crippen molar-refractivity contribution in [3.05, 3.63) is 75.8 Å². The lowest BCUT2D eigenvalue weighted by molar-refractivity contribution is -0.112. The maximum absolute atomic E-state index is 12.7. The molecule has 4 rings (SSSR count). The molecule has 3 aromatic carbocycles. The van der Waals surface area contributed by atoms with Crippen molar-refractivity contribution in [3.8, 4) is 34.8 Å². The molecule has 0 fully saturated rings. The fourth-order valence-corrected chi connectivity index (χ4v) is 3.74. The van der Waals surface area contributed by atoms with E-state index in [0.29, 0.717) is 44.5 Å². The van der Waals surface area contributed by atoms with E-state index in [-0.39, 0.29) is 19.0 Å². The lowest BCUT2D eigenvalue weighted by Gasteiger charge is -2.13. The van der Waals surface area contributed by atoms with Gasteiger partial charge in [-0.05, 0) is 65.7 Å². The van der Waals surface area contributed by atoms with Gasteiger partial charge in [-0.1, -0.05) is 22.0 Å². The van der Waals surface area contributed by atoms with Crippen LogP contribution < -0.4 is 29.0 Å². The van der Waals surface area contributed by atoms with E-state index >= 15 is 0 Å². The highest BCUT2D eigenvalue weighted by atomic mass is 79.9. The van der Waals surface area contributed by atoms with E-state index in [1.165, 1.54) is 13.2 Å². The van der Waals surface area contributed by atoms with E-state index in [1.807, 2.05) is 24.3 Å². The van der Waals surface area contributed by atoms with Crippen LogP contribution in [0.15, 0.2) is 64.6 Å². The molecule has 1 aliphatic rings. The minimum Gasteiger partial charge on any atom is -0.497 e. The molecule has 1 amide bonds. The van der Waals surface area contributed by atoms with Gasteiger partial charge in [-0.3, -0.25) is 4.79 Å². The van der Waals surface area contributed by atoms with Gasteiger partial charge in [0.2, 0.25) is 6.79 Å². The summed E-state index contributed by atoms with van der Waals surface area (Å²) >= 11 is 3.50. The molecule has 35 heavy (non-hydrogen) atoms. The second kappa shape index (κ2) is 10.8. The third-order valence-electron chi connectivity index (χ3n) is 5.13. The van der Waals surface area contributed by atoms with Crippen molar-refractivity contribution in [1.82, 2.24) is 0 Å². The molecule has 0 unspecified atom stereocenters. The van der Waals surface area contributed by atoms with Crippen molar-refractivity contribution in [1.29, 1.82) is 5.26 Å². The highest BCUT2D eigenvalue weighted by molar-refractivity contribution is 9.10. The minimum absolute atomic E-state index is 0.0717. The molecular formula is C26H21BrN2O6. The summed E-state index contributed by atoms with van der Waals surface area (Å²) in [6, 6.07) is 17.8. The van der Waals surface area contributed by atoms with Crippen LogP contribution in [0.4, 0.5) is 5.69 Å². The minimum atomic E-state index is -0.535. The monoisotopic (exact) mass is 536 g/mol. The molecule has 178 valence electrons. The number of halogens is 1. The summed E-state index contributed by atoms with van der Waals surface area (Å²) in [5.41, 5.74) is 1.95. The van der Waals surface area contributed by atoms with Gasteiger partial charge in [-0.25, -0.2) is 0 Å². The number of nitriles is 1. The number of ether oxygens (including phenoxy) is 5. The van der Waals surface area contributed by atoms with Gasteiger partial charge in [-0.15, -0.1) is 0 Å². The first kappa shape index (κ1) is 24.0. The topological polar surface area (TPSA) is 99.0 Å². The predicted octanol–water partition coefficient (Wildman–Crippen LogP) is 5.32. The smallest absolute Gasteiger partial charge is 0.266 e. The zero-order valence-electron chi connectivity index (χ0n) is 19.0. The number of carbonyl (C=O) groups is 1. The van der Waals surface area contributed by atoms with Gasteiger partial charge in [-0.2, -0.15) is 5.26 Å². The van der Waals surface area contributed by atoms with E-state index in [4.69, 9.17) is 23.7 Å². The Balaban J connectivity index is 1.50. The molecule has 0 aromatic heterocycles. The maximum Gasteiger partial charge on any atom is 0.266 e. The number of nitrogens with zero attached hydrogens (tertiary/aromatic N) is 1. The van der Waals surface area contributed by atoms with Gasteiger partial charge in [0.05, 0.1) is 14.2 Å². The Labute approximate surface area is 210 Å². The quantitative estimate of drug-likeness (QED) is 0.307. The Morgan fingerprint density at radius 1 is 1.06 bits per heavy atom. The summed E-state index contributed by atoms with van der Waals surface area (Å²) in [7, 11) is 3.08. The van der Waals surface area contributed by atoms with Gasteiger partial charge in [0.25, 0.3) is 5.91 Å². The van der Waals surface area contributed by atoms with Crippen molar-refractivity contribution in [2.45, 2.75) is 6.61 Å². The molecule has 0 saturated heterocycles. The number of anilines is 1. The van der Waals surface area contributed by atoms with Crippen LogP contribution in [0.25, 0.3) is 6.08 Å². The van der Waals surface area contributed by atoms with Crippen LogP contribution in [-0.2, 0) is 11.4 Å². The number of carbonyl (C=O) groups excluding carboxylic acids is 1. The van der Waals surface area contributed by atoms with Gasteiger partial charge in [0.1, 0.15) is 24.0 Å². The molecule has 8 nitrogen and oxygen atoms in total. The summed E-state index contributed by atoms with van der Waals surface area (Å²) in [5, 5.41) is 12.3. The molecule has 3 aromatic rings. The molecule has 9 heteroatoms. The molecular weight excluding hydrogens is 516 g/mol. The van der Waals surface area contributed by atoms with Crippen LogP contribution in [0.1, 0.15) is 11.1 Å². The van der Waals surface area contributed by atoms with Crippen molar-refractivity contribution >= 4 is 33.6 Å². The lowest BCUT2D eigenvalue weighted by atomic mass is 10.1. The van der Waals surface area contributed by atoms with E-state index in [0.717, 1.165) is 5.56 Å². The normalized spacial score (nSPS) is 12.0. The van der Waals surface area contributed by atoms with Crippen LogP contribution in [0, 0.1) is 11.3 Å². The first-order chi connectivity index (χ1) is 17.0. The van der Waals surface area contributed by atoms with E-state index in [1.54, 1.807) is 43.5 Å². The maximum atomic E-state index is 12.7. The Bertz CT molecular complexity index is 1310.